The molecule has 0 saturated heterocycles. The molecule has 1 heterocycles. The first-order chi connectivity index (χ1) is 10.1. The van der Waals surface area contributed by atoms with Crippen LogP contribution in [0.1, 0.15) is 11.4 Å². The second-order valence-electron chi connectivity index (χ2n) is 4.66. The Kier molecular flexibility index (Phi) is 3.62. The van der Waals surface area contributed by atoms with Crippen LogP contribution in [0.3, 0.4) is 0 Å². The standard InChI is InChI=1S/C15H12F3N3/c16-10-6-12(18)11(17)5-9(10)7-19-8-15-20-13-3-1-2-4-14(13)21-15/h1-6,19H,7-8H2,(H,20,21). The second kappa shape index (κ2) is 5.57. The first-order valence-corrected chi connectivity index (χ1v) is 6.41. The SMILES string of the molecule is Fc1cc(F)c(CNCc2nc3ccccc3[nH]2)cc1F. The van der Waals surface area contributed by atoms with Crippen molar-refractivity contribution in [3.05, 3.63) is 65.2 Å². The van der Waals surface area contributed by atoms with Crippen molar-refractivity contribution in [2.24, 2.45) is 0 Å². The molecule has 21 heavy (non-hydrogen) atoms. The Balaban J connectivity index is 1.67. The lowest BCUT2D eigenvalue weighted by Gasteiger charge is -2.05. The number of fused-ring (bicyclic) bond motifs is 1. The number of nitrogens with zero attached hydrogens (tertiary/aromatic N) is 1. The molecule has 108 valence electrons. The minimum atomic E-state index is -1.19. The maximum atomic E-state index is 13.5. The van der Waals surface area contributed by atoms with Crippen LogP contribution in [0.25, 0.3) is 11.0 Å². The van der Waals surface area contributed by atoms with Crippen LogP contribution in [-0.2, 0) is 13.1 Å². The summed E-state index contributed by atoms with van der Waals surface area (Å²) in [5.74, 6) is -2.32. The summed E-state index contributed by atoms with van der Waals surface area (Å²) in [5, 5.41) is 2.94. The lowest BCUT2D eigenvalue weighted by atomic mass is 10.2. The lowest BCUT2D eigenvalue weighted by molar-refractivity contribution is 0.486. The van der Waals surface area contributed by atoms with Crippen LogP contribution in [0, 0.1) is 17.5 Å². The summed E-state index contributed by atoms with van der Waals surface area (Å²) in [7, 11) is 0. The molecule has 0 aliphatic rings. The molecule has 2 aromatic carbocycles. The van der Waals surface area contributed by atoms with Gasteiger partial charge in [0.2, 0.25) is 0 Å². The van der Waals surface area contributed by atoms with Crippen LogP contribution in [0.5, 0.6) is 0 Å². The average Bonchev–Trinajstić information content (AvgIpc) is 2.87. The molecule has 0 saturated carbocycles. The number of halogens is 3. The highest BCUT2D eigenvalue weighted by Gasteiger charge is 2.09. The number of benzene rings is 2. The van der Waals surface area contributed by atoms with Gasteiger partial charge in [0.05, 0.1) is 17.6 Å². The van der Waals surface area contributed by atoms with E-state index >= 15 is 0 Å². The summed E-state index contributed by atoms with van der Waals surface area (Å²) in [6.45, 7) is 0.452. The monoisotopic (exact) mass is 291 g/mol. The summed E-state index contributed by atoms with van der Waals surface area (Å²) >= 11 is 0. The van der Waals surface area contributed by atoms with Crippen LogP contribution in [-0.4, -0.2) is 9.97 Å². The van der Waals surface area contributed by atoms with Gasteiger partial charge in [-0.3, -0.25) is 0 Å². The molecule has 3 aromatic rings. The zero-order valence-electron chi connectivity index (χ0n) is 11.0. The maximum Gasteiger partial charge on any atom is 0.161 e. The summed E-state index contributed by atoms with van der Waals surface area (Å²) in [6, 6.07) is 8.97. The molecule has 6 heteroatoms. The number of nitrogens with one attached hydrogen (secondary N) is 2. The van der Waals surface area contributed by atoms with Crippen LogP contribution in [0.15, 0.2) is 36.4 Å². The predicted molar refractivity (Wildman–Crippen MR) is 73.0 cm³/mol. The van der Waals surface area contributed by atoms with Gasteiger partial charge in [-0.15, -0.1) is 0 Å². The summed E-state index contributed by atoms with van der Waals surface area (Å²) in [5.41, 5.74) is 1.83. The van der Waals surface area contributed by atoms with Gasteiger partial charge < -0.3 is 10.3 Å². The zero-order valence-corrected chi connectivity index (χ0v) is 11.0. The number of hydrogen-bond donors (Lipinski definition) is 2. The van der Waals surface area contributed by atoms with Gasteiger partial charge in [0, 0.05) is 18.2 Å². The Bertz CT molecular complexity index is 750. The zero-order chi connectivity index (χ0) is 14.8. The van der Waals surface area contributed by atoms with Gasteiger partial charge in [-0.2, -0.15) is 0 Å². The van der Waals surface area contributed by atoms with Gasteiger partial charge in [-0.25, -0.2) is 18.2 Å². The van der Waals surface area contributed by atoms with E-state index in [4.69, 9.17) is 0 Å². The van der Waals surface area contributed by atoms with Crippen molar-refractivity contribution in [1.82, 2.24) is 15.3 Å². The van der Waals surface area contributed by atoms with E-state index < -0.39 is 17.5 Å². The molecule has 2 N–H and O–H groups in total. The number of aromatic amines is 1. The van der Waals surface area contributed by atoms with E-state index in [0.29, 0.717) is 18.4 Å². The van der Waals surface area contributed by atoms with Crippen LogP contribution in [0.2, 0.25) is 0 Å². The van der Waals surface area contributed by atoms with Crippen LogP contribution < -0.4 is 5.32 Å². The maximum absolute atomic E-state index is 13.5. The number of rotatable bonds is 4. The fourth-order valence-electron chi connectivity index (χ4n) is 2.10. The van der Waals surface area contributed by atoms with E-state index in [0.717, 1.165) is 17.1 Å². The molecule has 1 aromatic heterocycles. The van der Waals surface area contributed by atoms with Crippen molar-refractivity contribution >= 4 is 11.0 Å². The number of aromatic nitrogens is 2. The Morgan fingerprint density at radius 1 is 0.952 bits per heavy atom. The molecule has 0 atom stereocenters. The number of imidazole rings is 1. The van der Waals surface area contributed by atoms with Crippen molar-refractivity contribution in [3.8, 4) is 0 Å². The molecule has 0 aliphatic carbocycles. The topological polar surface area (TPSA) is 40.7 Å². The molecule has 0 amide bonds. The van der Waals surface area contributed by atoms with Crippen molar-refractivity contribution in [2.45, 2.75) is 13.1 Å². The van der Waals surface area contributed by atoms with Gasteiger partial charge in [0.15, 0.2) is 11.6 Å². The highest BCUT2D eigenvalue weighted by Crippen LogP contribution is 2.14. The molecular formula is C15H12F3N3. The Morgan fingerprint density at radius 3 is 2.52 bits per heavy atom. The summed E-state index contributed by atoms with van der Waals surface area (Å²) in [6.07, 6.45) is 0. The first-order valence-electron chi connectivity index (χ1n) is 6.41. The van der Waals surface area contributed by atoms with Gasteiger partial charge in [0.1, 0.15) is 11.6 Å². The third kappa shape index (κ3) is 2.90. The molecule has 3 rings (SSSR count). The minimum Gasteiger partial charge on any atom is -0.341 e. The Hall–Kier alpha value is -2.34. The fraction of sp³-hybridized carbons (Fsp3) is 0.133. The molecule has 0 bridgehead atoms. The largest absolute Gasteiger partial charge is 0.341 e. The van der Waals surface area contributed by atoms with E-state index in [1.54, 1.807) is 0 Å². The van der Waals surface area contributed by atoms with Crippen molar-refractivity contribution in [1.29, 1.82) is 0 Å². The third-order valence-electron chi connectivity index (χ3n) is 3.14. The van der Waals surface area contributed by atoms with Gasteiger partial charge in [-0.05, 0) is 18.2 Å². The second-order valence-corrected chi connectivity index (χ2v) is 4.66. The number of para-hydroxylation sites is 2. The van der Waals surface area contributed by atoms with Gasteiger partial charge in [0.25, 0.3) is 0 Å². The van der Waals surface area contributed by atoms with E-state index in [9.17, 15) is 13.2 Å². The molecular weight excluding hydrogens is 279 g/mol. The molecule has 0 fully saturated rings. The minimum absolute atomic E-state index is 0.0741. The molecule has 0 unspecified atom stereocenters. The average molecular weight is 291 g/mol. The van der Waals surface area contributed by atoms with Crippen LogP contribution >= 0.6 is 0 Å². The number of hydrogen-bond acceptors (Lipinski definition) is 2. The Morgan fingerprint density at radius 2 is 1.71 bits per heavy atom. The van der Waals surface area contributed by atoms with Crippen molar-refractivity contribution in [2.75, 3.05) is 0 Å². The quantitative estimate of drug-likeness (QED) is 0.724. The molecule has 0 radical (unpaired) electrons. The third-order valence-corrected chi connectivity index (χ3v) is 3.14. The summed E-state index contributed by atoms with van der Waals surface area (Å²) in [4.78, 5) is 7.47. The van der Waals surface area contributed by atoms with Gasteiger partial charge in [-0.1, -0.05) is 12.1 Å². The van der Waals surface area contributed by atoms with E-state index in [1.165, 1.54) is 0 Å². The molecule has 0 aliphatic heterocycles. The Labute approximate surface area is 118 Å². The van der Waals surface area contributed by atoms with E-state index in [1.807, 2.05) is 24.3 Å². The van der Waals surface area contributed by atoms with Crippen LogP contribution in [0.4, 0.5) is 13.2 Å². The van der Waals surface area contributed by atoms with Crippen molar-refractivity contribution < 1.29 is 13.2 Å². The highest BCUT2D eigenvalue weighted by atomic mass is 19.2. The molecule has 0 spiro atoms. The smallest absolute Gasteiger partial charge is 0.161 e. The number of H-pyrrole nitrogens is 1. The van der Waals surface area contributed by atoms with E-state index in [2.05, 4.69) is 15.3 Å². The lowest BCUT2D eigenvalue weighted by Crippen LogP contribution is -2.15. The first kappa shape index (κ1) is 13.6. The summed E-state index contributed by atoms with van der Waals surface area (Å²) < 4.78 is 39.3. The highest BCUT2D eigenvalue weighted by molar-refractivity contribution is 5.74. The van der Waals surface area contributed by atoms with Crippen molar-refractivity contribution in [3.63, 3.8) is 0 Å². The predicted octanol–water partition coefficient (Wildman–Crippen LogP) is 3.27. The molecule has 3 nitrogen and oxygen atoms in total. The van der Waals surface area contributed by atoms with E-state index in [-0.39, 0.29) is 12.1 Å². The van der Waals surface area contributed by atoms with Gasteiger partial charge >= 0.3 is 0 Å². The fourth-order valence-corrected chi connectivity index (χ4v) is 2.10. The normalized spacial score (nSPS) is 11.2.